The summed E-state index contributed by atoms with van der Waals surface area (Å²) in [6, 6.07) is 17.7. The van der Waals surface area contributed by atoms with Crippen molar-refractivity contribution in [2.75, 3.05) is 0 Å². The normalized spacial score (nSPS) is 11.4. The lowest BCUT2D eigenvalue weighted by Gasteiger charge is -2.32. The van der Waals surface area contributed by atoms with Crippen LogP contribution in [0.15, 0.2) is 54.6 Å². The van der Waals surface area contributed by atoms with Crippen LogP contribution in [-0.2, 0) is 11.8 Å². The van der Waals surface area contributed by atoms with Crippen LogP contribution in [0.2, 0.25) is 0 Å². The Morgan fingerprint density at radius 3 is 2.30 bits per heavy atom. The zero-order valence-corrected chi connectivity index (χ0v) is 14.0. The number of nitrogens with zero attached hydrogens (tertiary/aromatic N) is 1. The van der Waals surface area contributed by atoms with Crippen LogP contribution in [-0.4, -0.2) is 4.92 Å². The molecule has 0 aliphatic rings. The van der Waals surface area contributed by atoms with Gasteiger partial charge in [-0.2, -0.15) is 0 Å². The van der Waals surface area contributed by atoms with Gasteiger partial charge in [0.25, 0.3) is 5.69 Å². The number of hydrogen-bond acceptors (Lipinski definition) is 2. The second-order valence-electron chi connectivity index (χ2n) is 6.13. The monoisotopic (exact) mass is 311 g/mol. The van der Waals surface area contributed by atoms with Gasteiger partial charge in [0.15, 0.2) is 0 Å². The van der Waals surface area contributed by atoms with Gasteiger partial charge in [-0.25, -0.2) is 0 Å². The van der Waals surface area contributed by atoms with Gasteiger partial charge < -0.3 is 0 Å². The van der Waals surface area contributed by atoms with Crippen molar-refractivity contribution in [1.29, 1.82) is 0 Å². The molecule has 0 aliphatic carbocycles. The Kier molecular flexibility index (Phi) is 5.91. The molecule has 0 atom stereocenters. The summed E-state index contributed by atoms with van der Waals surface area (Å²) in [6.45, 7) is 4.37. The first-order valence-corrected chi connectivity index (χ1v) is 8.40. The van der Waals surface area contributed by atoms with Gasteiger partial charge in [0.2, 0.25) is 0 Å². The van der Waals surface area contributed by atoms with E-state index in [1.165, 1.54) is 5.56 Å². The number of nitro benzene ring substituents is 1. The molecule has 0 fully saturated rings. The van der Waals surface area contributed by atoms with Crippen molar-refractivity contribution in [3.05, 3.63) is 75.8 Å². The van der Waals surface area contributed by atoms with E-state index < -0.39 is 0 Å². The third kappa shape index (κ3) is 4.19. The molecular weight excluding hydrogens is 286 g/mol. The summed E-state index contributed by atoms with van der Waals surface area (Å²) < 4.78 is 0. The molecule has 0 amide bonds. The van der Waals surface area contributed by atoms with Gasteiger partial charge >= 0.3 is 0 Å². The average Bonchev–Trinajstić information content (AvgIpc) is 2.60. The Morgan fingerprint density at radius 1 is 1.00 bits per heavy atom. The largest absolute Gasteiger partial charge is 0.269 e. The highest BCUT2D eigenvalue weighted by Crippen LogP contribution is 2.38. The molecule has 2 aromatic rings. The fraction of sp³-hybridized carbons (Fsp3) is 0.400. The Bertz CT molecular complexity index is 633. The highest BCUT2D eigenvalue weighted by atomic mass is 16.6. The van der Waals surface area contributed by atoms with Crippen molar-refractivity contribution < 1.29 is 4.92 Å². The molecule has 0 aromatic heterocycles. The van der Waals surface area contributed by atoms with Crippen LogP contribution < -0.4 is 0 Å². The molecule has 2 rings (SSSR count). The molecule has 0 unspecified atom stereocenters. The lowest BCUT2D eigenvalue weighted by Crippen LogP contribution is -2.24. The summed E-state index contributed by atoms with van der Waals surface area (Å²) >= 11 is 0. The number of non-ortho nitro benzene ring substituents is 1. The lowest BCUT2D eigenvalue weighted by atomic mass is 9.72. The quantitative estimate of drug-likeness (QED) is 0.465. The topological polar surface area (TPSA) is 43.1 Å². The van der Waals surface area contributed by atoms with Crippen molar-refractivity contribution >= 4 is 5.69 Å². The van der Waals surface area contributed by atoms with E-state index in [0.29, 0.717) is 0 Å². The zero-order chi connectivity index (χ0) is 16.7. The second-order valence-corrected chi connectivity index (χ2v) is 6.13. The highest BCUT2D eigenvalue weighted by Gasteiger charge is 2.29. The van der Waals surface area contributed by atoms with Gasteiger partial charge in [0.1, 0.15) is 0 Å². The molecule has 0 spiro atoms. The van der Waals surface area contributed by atoms with E-state index in [1.54, 1.807) is 12.1 Å². The van der Waals surface area contributed by atoms with E-state index in [4.69, 9.17) is 0 Å². The first-order valence-electron chi connectivity index (χ1n) is 8.40. The van der Waals surface area contributed by atoms with E-state index >= 15 is 0 Å². The molecule has 0 heterocycles. The van der Waals surface area contributed by atoms with Gasteiger partial charge in [-0.3, -0.25) is 10.1 Å². The van der Waals surface area contributed by atoms with Crippen molar-refractivity contribution in [2.45, 2.75) is 51.4 Å². The number of benzene rings is 2. The molecule has 23 heavy (non-hydrogen) atoms. The molecule has 0 radical (unpaired) electrons. The summed E-state index contributed by atoms with van der Waals surface area (Å²) in [5, 5.41) is 11.1. The molecule has 2 aromatic carbocycles. The first-order chi connectivity index (χ1) is 11.1. The molecular formula is C20H25NO2. The van der Waals surface area contributed by atoms with E-state index in [-0.39, 0.29) is 16.0 Å². The van der Waals surface area contributed by atoms with Crippen LogP contribution in [0.25, 0.3) is 0 Å². The predicted octanol–water partition coefficient (Wildman–Crippen LogP) is 5.68. The minimum Gasteiger partial charge on any atom is -0.258 e. The predicted molar refractivity (Wildman–Crippen MR) is 94.7 cm³/mol. The molecule has 0 bridgehead atoms. The van der Waals surface area contributed by atoms with E-state index in [9.17, 15) is 10.1 Å². The summed E-state index contributed by atoms with van der Waals surface area (Å²) in [5.74, 6) is 0. The maximum Gasteiger partial charge on any atom is 0.269 e. The van der Waals surface area contributed by atoms with Gasteiger partial charge in [-0.1, -0.05) is 56.3 Å². The second kappa shape index (κ2) is 7.91. The molecule has 0 saturated carbocycles. The SMILES string of the molecule is CCC(CC)(CCCc1ccccc1)c1cccc([N+](=O)[O-])c1. The summed E-state index contributed by atoms with van der Waals surface area (Å²) in [5.41, 5.74) is 2.68. The van der Waals surface area contributed by atoms with Crippen LogP contribution in [0, 0.1) is 10.1 Å². The van der Waals surface area contributed by atoms with Crippen LogP contribution >= 0.6 is 0 Å². The fourth-order valence-electron chi connectivity index (χ4n) is 3.38. The van der Waals surface area contributed by atoms with Gasteiger partial charge in [-0.05, 0) is 48.6 Å². The Balaban J connectivity index is 2.15. The maximum absolute atomic E-state index is 11.1. The third-order valence-electron chi connectivity index (χ3n) is 4.99. The minimum atomic E-state index is -0.302. The number of nitro groups is 1. The summed E-state index contributed by atoms with van der Waals surface area (Å²) in [4.78, 5) is 10.8. The summed E-state index contributed by atoms with van der Waals surface area (Å²) in [7, 11) is 0. The molecule has 0 N–H and O–H groups in total. The fourth-order valence-corrected chi connectivity index (χ4v) is 3.38. The number of rotatable bonds is 8. The first kappa shape index (κ1) is 17.2. The van der Waals surface area contributed by atoms with E-state index in [1.807, 2.05) is 18.2 Å². The van der Waals surface area contributed by atoms with Crippen LogP contribution in [0.5, 0.6) is 0 Å². The third-order valence-corrected chi connectivity index (χ3v) is 4.99. The molecule has 0 aliphatic heterocycles. The van der Waals surface area contributed by atoms with Crippen LogP contribution in [0.4, 0.5) is 5.69 Å². The Labute approximate surface area is 138 Å². The lowest BCUT2D eigenvalue weighted by molar-refractivity contribution is -0.385. The smallest absolute Gasteiger partial charge is 0.258 e. The molecule has 0 saturated heterocycles. The van der Waals surface area contributed by atoms with Gasteiger partial charge in [-0.15, -0.1) is 0 Å². The Morgan fingerprint density at radius 2 is 1.70 bits per heavy atom. The number of hydrogen-bond donors (Lipinski definition) is 0. The summed E-state index contributed by atoms with van der Waals surface area (Å²) in [6.07, 6.45) is 5.20. The molecule has 3 nitrogen and oxygen atoms in total. The minimum absolute atomic E-state index is 0.0286. The molecule has 3 heteroatoms. The van der Waals surface area contributed by atoms with E-state index in [0.717, 1.165) is 37.7 Å². The number of aryl methyl sites for hydroxylation is 1. The van der Waals surface area contributed by atoms with Crippen LogP contribution in [0.1, 0.15) is 50.7 Å². The zero-order valence-electron chi connectivity index (χ0n) is 14.0. The maximum atomic E-state index is 11.1. The van der Waals surface area contributed by atoms with Crippen molar-refractivity contribution in [3.8, 4) is 0 Å². The average molecular weight is 311 g/mol. The van der Waals surface area contributed by atoms with Gasteiger partial charge in [0, 0.05) is 12.1 Å². The Hall–Kier alpha value is -2.16. The standard InChI is InChI=1S/C20H25NO2/c1-3-20(4-2,15-9-12-17-10-6-5-7-11-17)18-13-8-14-19(16-18)21(22)23/h5-8,10-11,13-14,16H,3-4,9,12,15H2,1-2H3. The highest BCUT2D eigenvalue weighted by molar-refractivity contribution is 5.38. The van der Waals surface area contributed by atoms with Gasteiger partial charge in [0.05, 0.1) is 4.92 Å². The molecule has 122 valence electrons. The van der Waals surface area contributed by atoms with Crippen molar-refractivity contribution in [1.82, 2.24) is 0 Å². The van der Waals surface area contributed by atoms with Crippen molar-refractivity contribution in [2.24, 2.45) is 0 Å². The van der Waals surface area contributed by atoms with Crippen LogP contribution in [0.3, 0.4) is 0 Å². The van der Waals surface area contributed by atoms with E-state index in [2.05, 4.69) is 38.1 Å². The van der Waals surface area contributed by atoms with Crippen molar-refractivity contribution in [3.63, 3.8) is 0 Å².